The van der Waals surface area contributed by atoms with Crippen LogP contribution in [0, 0.1) is 5.82 Å². The molecule has 4 aromatic rings. The van der Waals surface area contributed by atoms with Gasteiger partial charge in [-0.1, -0.05) is 6.07 Å². The molecule has 0 radical (unpaired) electrons. The van der Waals surface area contributed by atoms with Crippen LogP contribution in [0.3, 0.4) is 0 Å². The van der Waals surface area contributed by atoms with Crippen LogP contribution in [0.5, 0.6) is 0 Å². The van der Waals surface area contributed by atoms with E-state index in [9.17, 15) is 4.79 Å². The van der Waals surface area contributed by atoms with Gasteiger partial charge in [-0.25, -0.2) is 19.3 Å². The van der Waals surface area contributed by atoms with Gasteiger partial charge in [0.05, 0.1) is 17.7 Å². The van der Waals surface area contributed by atoms with Gasteiger partial charge in [0.15, 0.2) is 0 Å². The van der Waals surface area contributed by atoms with Crippen molar-refractivity contribution in [2.75, 3.05) is 38.7 Å². The Morgan fingerprint density at radius 1 is 1.17 bits per heavy atom. The normalized spacial score (nSPS) is 14.9. The van der Waals surface area contributed by atoms with Crippen LogP contribution in [-0.4, -0.2) is 58.2 Å². The molecule has 35 heavy (non-hydrogen) atoms. The number of halogens is 1. The second-order valence-electron chi connectivity index (χ2n) is 8.72. The Hall–Kier alpha value is -3.69. The highest BCUT2D eigenvalue weighted by Crippen LogP contribution is 2.32. The summed E-state index contributed by atoms with van der Waals surface area (Å²) >= 11 is 0. The van der Waals surface area contributed by atoms with E-state index in [0.29, 0.717) is 34.6 Å². The van der Waals surface area contributed by atoms with E-state index in [-0.39, 0.29) is 17.3 Å². The maximum atomic E-state index is 15.2. The number of H-pyrrole nitrogens is 1. The molecular formula is C26H27FN6O2. The van der Waals surface area contributed by atoms with Crippen molar-refractivity contribution >= 4 is 22.3 Å². The van der Waals surface area contributed by atoms with Crippen LogP contribution in [0.4, 0.5) is 15.9 Å². The number of likely N-dealkylation sites (tertiary alicyclic amines) is 1. The zero-order chi connectivity index (χ0) is 24.2. The number of hydrogen-bond donors (Lipinski definition) is 2. The Morgan fingerprint density at radius 3 is 2.71 bits per heavy atom. The van der Waals surface area contributed by atoms with E-state index in [1.807, 2.05) is 18.2 Å². The van der Waals surface area contributed by atoms with E-state index in [2.05, 4.69) is 30.2 Å². The molecule has 1 aromatic carbocycles. The van der Waals surface area contributed by atoms with Crippen LogP contribution < -0.4 is 10.9 Å². The number of nitrogens with zero attached hydrogens (tertiary/aromatic N) is 4. The van der Waals surface area contributed by atoms with Crippen molar-refractivity contribution in [2.45, 2.75) is 18.8 Å². The highest BCUT2D eigenvalue weighted by Gasteiger charge is 2.23. The van der Waals surface area contributed by atoms with Crippen LogP contribution in [0.2, 0.25) is 0 Å². The maximum Gasteiger partial charge on any atom is 0.259 e. The SMILES string of the molecule is COCCN1CCC(c2ccc(Nc3nc(-c4cncnc4)cc4cc[nH]c(=O)c34)cc2F)CC1. The first kappa shape index (κ1) is 23.1. The molecule has 4 heterocycles. The molecule has 0 amide bonds. The summed E-state index contributed by atoms with van der Waals surface area (Å²) in [6, 6.07) is 8.79. The molecule has 0 bridgehead atoms. The van der Waals surface area contributed by atoms with E-state index in [0.717, 1.165) is 43.6 Å². The highest BCUT2D eigenvalue weighted by molar-refractivity contribution is 5.95. The van der Waals surface area contributed by atoms with Crippen LogP contribution in [0.1, 0.15) is 24.3 Å². The van der Waals surface area contributed by atoms with Crippen molar-refractivity contribution in [1.29, 1.82) is 0 Å². The molecule has 9 heteroatoms. The summed E-state index contributed by atoms with van der Waals surface area (Å²) in [6.07, 6.45) is 8.18. The molecule has 0 unspecified atom stereocenters. The monoisotopic (exact) mass is 474 g/mol. The minimum atomic E-state index is -0.273. The van der Waals surface area contributed by atoms with E-state index in [1.165, 1.54) is 12.4 Å². The fourth-order valence-electron chi connectivity index (χ4n) is 4.64. The Kier molecular flexibility index (Phi) is 6.78. The first-order valence-electron chi connectivity index (χ1n) is 11.7. The summed E-state index contributed by atoms with van der Waals surface area (Å²) in [4.78, 5) is 30.4. The van der Waals surface area contributed by atoms with Gasteiger partial charge in [-0.15, -0.1) is 0 Å². The molecule has 2 N–H and O–H groups in total. The second kappa shape index (κ2) is 10.3. The smallest absolute Gasteiger partial charge is 0.259 e. The highest BCUT2D eigenvalue weighted by atomic mass is 19.1. The number of ether oxygens (including phenoxy) is 1. The number of piperidine rings is 1. The molecule has 0 saturated carbocycles. The third-order valence-electron chi connectivity index (χ3n) is 6.51. The van der Waals surface area contributed by atoms with E-state index >= 15 is 4.39 Å². The van der Waals surface area contributed by atoms with Crippen molar-refractivity contribution < 1.29 is 9.13 Å². The molecule has 1 aliphatic rings. The van der Waals surface area contributed by atoms with Gasteiger partial charge in [0.1, 0.15) is 18.0 Å². The zero-order valence-corrected chi connectivity index (χ0v) is 19.5. The number of anilines is 2. The number of hydrogen-bond acceptors (Lipinski definition) is 7. The average molecular weight is 475 g/mol. The summed E-state index contributed by atoms with van der Waals surface area (Å²) < 4.78 is 20.4. The summed E-state index contributed by atoms with van der Waals surface area (Å²) in [5.74, 6) is 0.282. The molecule has 0 atom stereocenters. The average Bonchev–Trinajstić information content (AvgIpc) is 2.88. The summed E-state index contributed by atoms with van der Waals surface area (Å²) in [5, 5.41) is 4.28. The molecule has 3 aromatic heterocycles. The number of nitrogens with one attached hydrogen (secondary N) is 2. The second-order valence-corrected chi connectivity index (χ2v) is 8.72. The van der Waals surface area contributed by atoms with Gasteiger partial charge in [-0.2, -0.15) is 0 Å². The van der Waals surface area contributed by atoms with Crippen LogP contribution in [-0.2, 0) is 4.74 Å². The number of rotatable bonds is 7. The van der Waals surface area contributed by atoms with Gasteiger partial charge in [0.2, 0.25) is 0 Å². The molecule has 1 aliphatic heterocycles. The fraction of sp³-hybridized carbons (Fsp3) is 0.308. The molecule has 0 spiro atoms. The van der Waals surface area contributed by atoms with Crippen molar-refractivity contribution in [3.05, 3.63) is 77.0 Å². The summed E-state index contributed by atoms with van der Waals surface area (Å²) in [5.41, 5.74) is 2.32. The largest absolute Gasteiger partial charge is 0.383 e. The molecule has 5 rings (SSSR count). The lowest BCUT2D eigenvalue weighted by molar-refractivity contribution is 0.130. The van der Waals surface area contributed by atoms with Crippen LogP contribution >= 0.6 is 0 Å². The van der Waals surface area contributed by atoms with Gasteiger partial charge in [0.25, 0.3) is 5.56 Å². The summed E-state index contributed by atoms with van der Waals surface area (Å²) in [6.45, 7) is 3.48. The zero-order valence-electron chi connectivity index (χ0n) is 19.5. The van der Waals surface area contributed by atoms with Gasteiger partial charge < -0.3 is 19.9 Å². The van der Waals surface area contributed by atoms with Gasteiger partial charge in [-0.05, 0) is 67.1 Å². The number of methoxy groups -OCH3 is 1. The molecule has 8 nitrogen and oxygen atoms in total. The number of pyridine rings is 2. The van der Waals surface area contributed by atoms with Crippen molar-refractivity contribution in [2.24, 2.45) is 0 Å². The Labute approximate surface area is 202 Å². The molecule has 180 valence electrons. The molecule has 1 fully saturated rings. The first-order valence-corrected chi connectivity index (χ1v) is 11.7. The Bertz CT molecular complexity index is 1370. The Morgan fingerprint density at radius 2 is 1.97 bits per heavy atom. The van der Waals surface area contributed by atoms with Crippen LogP contribution in [0.15, 0.2) is 60.0 Å². The topological polar surface area (TPSA) is 96.0 Å². The fourth-order valence-corrected chi connectivity index (χ4v) is 4.64. The Balaban J connectivity index is 1.41. The van der Waals surface area contributed by atoms with Gasteiger partial charge in [0, 0.05) is 43.5 Å². The van der Waals surface area contributed by atoms with Crippen molar-refractivity contribution in [1.82, 2.24) is 24.8 Å². The predicted molar refractivity (Wildman–Crippen MR) is 133 cm³/mol. The lowest BCUT2D eigenvalue weighted by atomic mass is 9.89. The van der Waals surface area contributed by atoms with E-state index < -0.39 is 0 Å². The minimum Gasteiger partial charge on any atom is -0.383 e. The molecule has 1 saturated heterocycles. The standard InChI is InChI=1S/C26H27FN6O2/c1-35-11-10-33-8-5-17(6-9-33)21-3-2-20(13-22(21)27)31-25-24-18(4-7-30-26(24)34)12-23(32-25)19-14-28-16-29-15-19/h2-4,7,12-17H,5-6,8-11H2,1H3,(H,30,34)(H,31,32). The number of aromatic amines is 1. The minimum absolute atomic E-state index is 0.186. The third-order valence-corrected chi connectivity index (χ3v) is 6.51. The summed E-state index contributed by atoms with van der Waals surface area (Å²) in [7, 11) is 1.71. The number of aromatic nitrogens is 4. The lowest BCUT2D eigenvalue weighted by Gasteiger charge is -2.32. The maximum absolute atomic E-state index is 15.2. The van der Waals surface area contributed by atoms with E-state index in [1.54, 1.807) is 31.8 Å². The van der Waals surface area contributed by atoms with Crippen molar-refractivity contribution in [3.63, 3.8) is 0 Å². The third kappa shape index (κ3) is 5.06. The number of benzene rings is 1. The molecule has 0 aliphatic carbocycles. The first-order chi connectivity index (χ1) is 17.1. The van der Waals surface area contributed by atoms with E-state index in [4.69, 9.17) is 4.74 Å². The van der Waals surface area contributed by atoms with Gasteiger partial charge in [-0.3, -0.25) is 4.79 Å². The molecular weight excluding hydrogens is 447 g/mol. The van der Waals surface area contributed by atoms with Crippen molar-refractivity contribution in [3.8, 4) is 11.3 Å². The van der Waals surface area contributed by atoms with Gasteiger partial charge >= 0.3 is 0 Å². The number of fused-ring (bicyclic) bond motifs is 1. The quantitative estimate of drug-likeness (QED) is 0.417. The van der Waals surface area contributed by atoms with Crippen LogP contribution in [0.25, 0.3) is 22.0 Å². The lowest BCUT2D eigenvalue weighted by Crippen LogP contribution is -2.35. The predicted octanol–water partition coefficient (Wildman–Crippen LogP) is 4.09.